The third-order valence-corrected chi connectivity index (χ3v) is 7.43. The summed E-state index contributed by atoms with van der Waals surface area (Å²) in [7, 11) is 1.51. The van der Waals surface area contributed by atoms with Crippen LogP contribution in [0.5, 0.6) is 5.75 Å². The van der Waals surface area contributed by atoms with E-state index in [2.05, 4.69) is 10.3 Å². The van der Waals surface area contributed by atoms with Crippen molar-refractivity contribution in [2.24, 2.45) is 7.05 Å². The van der Waals surface area contributed by atoms with Crippen LogP contribution >= 0.6 is 0 Å². The average Bonchev–Trinajstić information content (AvgIpc) is 3.15. The van der Waals surface area contributed by atoms with E-state index in [0.29, 0.717) is 43.5 Å². The highest BCUT2D eigenvalue weighted by molar-refractivity contribution is 6.02. The zero-order valence-electron chi connectivity index (χ0n) is 20.2. The Hall–Kier alpha value is -4.01. The van der Waals surface area contributed by atoms with Gasteiger partial charge in [0.05, 0.1) is 0 Å². The molecule has 0 unspecified atom stereocenters. The molecule has 0 saturated carbocycles. The molecule has 2 aromatic carbocycles. The van der Waals surface area contributed by atoms with Crippen molar-refractivity contribution in [3.63, 3.8) is 0 Å². The van der Waals surface area contributed by atoms with Crippen molar-refractivity contribution in [3.05, 3.63) is 86.6 Å². The van der Waals surface area contributed by atoms with E-state index < -0.39 is 17.2 Å². The van der Waals surface area contributed by atoms with Crippen LogP contribution in [0, 0.1) is 12.7 Å². The maximum atomic E-state index is 13.5. The molecule has 1 saturated heterocycles. The zero-order chi connectivity index (χ0) is 25.6. The van der Waals surface area contributed by atoms with Gasteiger partial charge in [-0.25, -0.2) is 9.37 Å². The molecule has 2 N–H and O–H groups in total. The number of nitrogens with one attached hydrogen (secondary N) is 1. The van der Waals surface area contributed by atoms with Gasteiger partial charge in [0.25, 0.3) is 11.5 Å². The third-order valence-electron chi connectivity index (χ3n) is 7.43. The van der Waals surface area contributed by atoms with Gasteiger partial charge in [-0.15, -0.1) is 0 Å². The van der Waals surface area contributed by atoms with Crippen LogP contribution in [0.1, 0.15) is 56.8 Å². The van der Waals surface area contributed by atoms with Crippen LogP contribution in [0.3, 0.4) is 0 Å². The summed E-state index contributed by atoms with van der Waals surface area (Å²) in [6.07, 6.45) is 1.88. The lowest BCUT2D eigenvalue weighted by Crippen LogP contribution is -2.44. The first-order valence-electron chi connectivity index (χ1n) is 11.9. The van der Waals surface area contributed by atoms with Crippen LogP contribution in [0.25, 0.3) is 0 Å². The van der Waals surface area contributed by atoms with Gasteiger partial charge in [0.15, 0.2) is 11.5 Å². The van der Waals surface area contributed by atoms with Gasteiger partial charge in [0.1, 0.15) is 5.82 Å². The number of Topliss-reactive ketones (excluding diaryl/α,β-unsaturated/α-hetero) is 1. The number of rotatable bonds is 4. The number of hydrogen-bond donors (Lipinski definition) is 2. The van der Waals surface area contributed by atoms with E-state index in [-0.39, 0.29) is 35.2 Å². The van der Waals surface area contributed by atoms with E-state index in [9.17, 15) is 23.9 Å². The van der Waals surface area contributed by atoms with Gasteiger partial charge < -0.3 is 15.3 Å². The van der Waals surface area contributed by atoms with Crippen LogP contribution < -0.4 is 15.8 Å². The number of anilines is 1. The highest BCUT2D eigenvalue weighted by Crippen LogP contribution is 2.46. The minimum Gasteiger partial charge on any atom is -0.501 e. The second kappa shape index (κ2) is 8.89. The van der Waals surface area contributed by atoms with Crippen molar-refractivity contribution in [1.29, 1.82) is 0 Å². The Bertz CT molecular complexity index is 1440. The van der Waals surface area contributed by atoms with Crippen LogP contribution in [0.15, 0.2) is 47.3 Å². The lowest BCUT2D eigenvalue weighted by atomic mass is 9.74. The Kier molecular flexibility index (Phi) is 5.86. The number of amides is 1. The summed E-state index contributed by atoms with van der Waals surface area (Å²) in [6, 6.07) is 12.2. The highest BCUT2D eigenvalue weighted by Gasteiger charge is 2.45. The van der Waals surface area contributed by atoms with Crippen molar-refractivity contribution < 1.29 is 19.1 Å². The smallest absolute Gasteiger partial charge is 0.297 e. The van der Waals surface area contributed by atoms with E-state index in [0.717, 1.165) is 11.1 Å². The largest absolute Gasteiger partial charge is 0.501 e. The topological polar surface area (TPSA) is 105 Å². The molecule has 2 aliphatic rings. The van der Waals surface area contributed by atoms with Crippen molar-refractivity contribution in [2.75, 3.05) is 18.0 Å². The minimum atomic E-state index is -0.724. The maximum absolute atomic E-state index is 13.5. The lowest BCUT2D eigenvalue weighted by Gasteiger charge is -2.40. The first-order valence-corrected chi connectivity index (χ1v) is 11.9. The molecule has 186 valence electrons. The molecule has 2 heterocycles. The molecule has 0 radical (unpaired) electrons. The Morgan fingerprint density at radius 2 is 1.89 bits per heavy atom. The first kappa shape index (κ1) is 23.7. The van der Waals surface area contributed by atoms with Crippen LogP contribution in [-0.2, 0) is 19.0 Å². The summed E-state index contributed by atoms with van der Waals surface area (Å²) in [5.74, 6) is -1.32. The lowest BCUT2D eigenvalue weighted by molar-refractivity contribution is 0.0938. The van der Waals surface area contributed by atoms with Gasteiger partial charge in [-0.3, -0.25) is 19.0 Å². The molecule has 1 aromatic heterocycles. The van der Waals surface area contributed by atoms with Crippen LogP contribution in [-0.4, -0.2) is 39.4 Å². The summed E-state index contributed by atoms with van der Waals surface area (Å²) in [5, 5.41) is 13.0. The normalized spacial score (nSPS) is 16.3. The Labute approximate surface area is 207 Å². The molecule has 1 fully saturated rings. The van der Waals surface area contributed by atoms with Gasteiger partial charge in [0, 0.05) is 44.1 Å². The van der Waals surface area contributed by atoms with Crippen molar-refractivity contribution >= 4 is 17.6 Å². The molecule has 8 nitrogen and oxygen atoms in total. The van der Waals surface area contributed by atoms with Gasteiger partial charge in [-0.05, 0) is 42.5 Å². The number of aromatic hydroxyl groups is 1. The third kappa shape index (κ3) is 3.94. The Balaban J connectivity index is 1.36. The monoisotopic (exact) mass is 490 g/mol. The van der Waals surface area contributed by atoms with Gasteiger partial charge in [-0.2, -0.15) is 0 Å². The molecular weight excluding hydrogens is 463 g/mol. The maximum Gasteiger partial charge on any atom is 0.297 e. The van der Waals surface area contributed by atoms with Crippen molar-refractivity contribution in [3.8, 4) is 5.75 Å². The number of piperidine rings is 1. The van der Waals surface area contributed by atoms with Crippen LogP contribution in [0.2, 0.25) is 0 Å². The molecular formula is C27H27FN4O4. The quantitative estimate of drug-likeness (QED) is 0.583. The second-order valence-corrected chi connectivity index (χ2v) is 9.65. The van der Waals surface area contributed by atoms with E-state index in [4.69, 9.17) is 0 Å². The van der Waals surface area contributed by atoms with E-state index in [1.807, 2.05) is 29.2 Å². The predicted molar refractivity (Wildman–Crippen MR) is 132 cm³/mol. The van der Waals surface area contributed by atoms with Gasteiger partial charge in [0.2, 0.25) is 11.7 Å². The fourth-order valence-electron chi connectivity index (χ4n) is 5.37. The average molecular weight is 491 g/mol. The fraction of sp³-hybridized carbons (Fsp3) is 0.333. The number of benzene rings is 2. The number of halogens is 1. The van der Waals surface area contributed by atoms with E-state index >= 15 is 0 Å². The number of carbonyl (C=O) groups excluding carboxylic acids is 2. The summed E-state index contributed by atoms with van der Waals surface area (Å²) in [6.45, 7) is 2.81. The molecule has 0 bridgehead atoms. The number of carbonyl (C=O) groups is 2. The molecule has 1 amide bonds. The van der Waals surface area contributed by atoms with E-state index in [1.165, 1.54) is 17.7 Å². The molecule has 3 aromatic rings. The highest BCUT2D eigenvalue weighted by atomic mass is 19.1. The second-order valence-electron chi connectivity index (χ2n) is 9.65. The molecule has 9 heteroatoms. The van der Waals surface area contributed by atoms with Gasteiger partial charge >= 0.3 is 0 Å². The zero-order valence-corrected chi connectivity index (χ0v) is 20.2. The SMILES string of the molecule is Cc1cc(CNC(=O)c2nc(N3CCC4(CC3)CC(=O)c3ccccc34)n(C)c(=O)c2O)ccc1F. The molecule has 0 atom stereocenters. The summed E-state index contributed by atoms with van der Waals surface area (Å²) in [4.78, 5) is 44.5. The van der Waals surface area contributed by atoms with Crippen LogP contribution in [0.4, 0.5) is 10.3 Å². The number of hydrogen-bond acceptors (Lipinski definition) is 6. The molecule has 1 spiro atoms. The number of aromatic nitrogens is 2. The summed E-state index contributed by atoms with van der Waals surface area (Å²) >= 11 is 0. The standard InChI is InChI=1S/C27H27FN4O4/c1-16-13-17(7-8-20(16)28)15-29-24(35)22-23(34)25(36)31(2)26(30-22)32-11-9-27(10-12-32)14-21(33)18-5-3-4-6-19(18)27/h3-8,13,34H,9-12,14-15H2,1-2H3,(H,29,35). The molecule has 1 aliphatic carbocycles. The Morgan fingerprint density at radius 1 is 1.17 bits per heavy atom. The van der Waals surface area contributed by atoms with Gasteiger partial charge in [-0.1, -0.05) is 36.4 Å². The van der Waals surface area contributed by atoms with Crippen molar-refractivity contribution in [2.45, 2.75) is 38.1 Å². The predicted octanol–water partition coefficient (Wildman–Crippen LogP) is 2.99. The molecule has 1 aliphatic heterocycles. The molecule has 5 rings (SSSR count). The number of nitrogens with zero attached hydrogens (tertiary/aromatic N) is 3. The first-order chi connectivity index (χ1) is 17.2. The number of ketones is 1. The summed E-state index contributed by atoms with van der Waals surface area (Å²) < 4.78 is 14.8. The number of fused-ring (bicyclic) bond motifs is 2. The number of aryl methyl sites for hydroxylation is 1. The molecule has 36 heavy (non-hydrogen) atoms. The van der Waals surface area contributed by atoms with Crippen molar-refractivity contribution in [1.82, 2.24) is 14.9 Å². The Morgan fingerprint density at radius 3 is 2.61 bits per heavy atom. The minimum absolute atomic E-state index is 0.0886. The fourth-order valence-corrected chi connectivity index (χ4v) is 5.37. The van der Waals surface area contributed by atoms with E-state index in [1.54, 1.807) is 19.1 Å². The summed E-state index contributed by atoms with van der Waals surface area (Å²) in [5.41, 5.74) is 1.70.